The zero-order valence-electron chi connectivity index (χ0n) is 8.67. The van der Waals surface area contributed by atoms with Gasteiger partial charge in [-0.1, -0.05) is 0 Å². The summed E-state index contributed by atoms with van der Waals surface area (Å²) in [5.41, 5.74) is 0. The van der Waals surface area contributed by atoms with Crippen LogP contribution in [0.15, 0.2) is 0 Å². The van der Waals surface area contributed by atoms with Crippen molar-refractivity contribution in [3.8, 4) is 0 Å². The predicted molar refractivity (Wildman–Crippen MR) is 54.5 cm³/mol. The molecule has 0 spiro atoms. The van der Waals surface area contributed by atoms with Crippen LogP contribution in [-0.4, -0.2) is 101 Å². The minimum absolute atomic E-state index is 1.83. The van der Waals surface area contributed by atoms with Crippen LogP contribution in [0.3, 0.4) is 0 Å². The molecule has 0 amide bonds. The topological polar surface area (TPSA) is 300 Å². The summed E-state index contributed by atoms with van der Waals surface area (Å²) in [5.74, 6) is 0. The molecule has 0 radical (unpaired) electrons. The summed E-state index contributed by atoms with van der Waals surface area (Å²) in [6.07, 6.45) is -1.83. The Kier molecular flexibility index (Phi) is 16.0. The zero-order chi connectivity index (χ0) is 17.1. The maximum Gasteiger partial charge on any atom is 0.668 e. The SMILES string of the molecule is O=C(O)O.O[Si](O)(O)O.O[Si](O)(O)O.O[Si](O)(O)O. The van der Waals surface area contributed by atoms with Gasteiger partial charge >= 0.3 is 33.3 Å². The Hall–Kier alpha value is -0.559. The number of hydrogen-bond donors (Lipinski definition) is 14. The Morgan fingerprint density at radius 2 is 0.474 bits per heavy atom. The van der Waals surface area contributed by atoms with Crippen molar-refractivity contribution in [2.45, 2.75) is 0 Å². The Morgan fingerprint density at radius 1 is 0.474 bits per heavy atom. The van der Waals surface area contributed by atoms with E-state index in [-0.39, 0.29) is 0 Å². The maximum atomic E-state index is 8.56. The highest BCUT2D eigenvalue weighted by molar-refractivity contribution is 6.47. The molecule has 0 aliphatic heterocycles. The van der Waals surface area contributed by atoms with E-state index in [0.717, 1.165) is 0 Å². The van der Waals surface area contributed by atoms with Gasteiger partial charge < -0.3 is 67.8 Å². The van der Waals surface area contributed by atoms with Gasteiger partial charge in [-0.25, -0.2) is 4.79 Å². The van der Waals surface area contributed by atoms with Crippen LogP contribution < -0.4 is 0 Å². The summed E-state index contributed by atoms with van der Waals surface area (Å²) in [7, 11) is -13.8. The van der Waals surface area contributed by atoms with Crippen LogP contribution in [0.25, 0.3) is 0 Å². The van der Waals surface area contributed by atoms with Gasteiger partial charge in [0.05, 0.1) is 0 Å². The third-order valence-electron chi connectivity index (χ3n) is 0. The minimum atomic E-state index is -4.61. The lowest BCUT2D eigenvalue weighted by atomic mass is 11.5. The average molecular weight is 350 g/mol. The predicted octanol–water partition coefficient (Wildman–Crippen LogP) is -7.60. The van der Waals surface area contributed by atoms with E-state index in [1.807, 2.05) is 0 Å². The molecule has 0 aromatic carbocycles. The number of carboxylic acid groups (broad SMARTS) is 2. The minimum Gasteiger partial charge on any atom is -0.450 e. The number of hydrogen-bond acceptors (Lipinski definition) is 13. The van der Waals surface area contributed by atoms with Crippen molar-refractivity contribution in [3.63, 3.8) is 0 Å². The van der Waals surface area contributed by atoms with E-state index in [0.29, 0.717) is 0 Å². The van der Waals surface area contributed by atoms with E-state index in [4.69, 9.17) is 72.6 Å². The second-order valence-electron chi connectivity index (χ2n) is 2.08. The molecule has 0 aromatic rings. The molecule has 120 valence electrons. The Balaban J connectivity index is -0.0000000793. The largest absolute Gasteiger partial charge is 0.668 e. The highest BCUT2D eigenvalue weighted by Gasteiger charge is 2.23. The normalized spacial score (nSPS) is 10.7. The van der Waals surface area contributed by atoms with Gasteiger partial charge in [0.15, 0.2) is 0 Å². The van der Waals surface area contributed by atoms with Crippen LogP contribution in [0.5, 0.6) is 0 Å². The first-order valence-electron chi connectivity index (χ1n) is 3.33. The van der Waals surface area contributed by atoms with Crippen molar-refractivity contribution in [3.05, 3.63) is 0 Å². The fraction of sp³-hybridized carbons (Fsp3) is 0. The molecule has 18 heteroatoms. The van der Waals surface area contributed by atoms with E-state index in [1.165, 1.54) is 0 Å². The quantitative estimate of drug-likeness (QED) is 0.180. The molecule has 0 aliphatic carbocycles. The Labute approximate surface area is 107 Å². The second kappa shape index (κ2) is 11.3. The third-order valence-corrected chi connectivity index (χ3v) is 0. The van der Waals surface area contributed by atoms with Gasteiger partial charge in [0, 0.05) is 0 Å². The fourth-order valence-corrected chi connectivity index (χ4v) is 0. The highest BCUT2D eigenvalue weighted by atomic mass is 28.4. The van der Waals surface area contributed by atoms with Crippen molar-refractivity contribution < 1.29 is 72.6 Å². The van der Waals surface area contributed by atoms with E-state index < -0.39 is 33.3 Å². The molecule has 0 aliphatic rings. The van der Waals surface area contributed by atoms with Gasteiger partial charge in [0.1, 0.15) is 0 Å². The van der Waals surface area contributed by atoms with Crippen molar-refractivity contribution in [1.82, 2.24) is 0 Å². The van der Waals surface area contributed by atoms with Crippen molar-refractivity contribution in [2.24, 2.45) is 0 Å². The first kappa shape index (κ1) is 26.9. The summed E-state index contributed by atoms with van der Waals surface area (Å²) >= 11 is 0. The average Bonchev–Trinajstić information content (AvgIpc) is 1.66. The molecule has 0 saturated heterocycles. The standard InChI is InChI=1S/CH2O3.3H4O4Si/c2-1(3)4;3*1-5(2,3)4/h(H2,2,3,4);3*1-4H. The molecule has 15 nitrogen and oxygen atoms in total. The molecule has 0 fully saturated rings. The fourth-order valence-electron chi connectivity index (χ4n) is 0. The molecule has 0 bridgehead atoms. The van der Waals surface area contributed by atoms with Crippen molar-refractivity contribution >= 4 is 33.3 Å². The Morgan fingerprint density at radius 3 is 0.474 bits per heavy atom. The first-order valence-corrected chi connectivity index (χ1v) is 8.70. The highest BCUT2D eigenvalue weighted by Crippen LogP contribution is 1.68. The summed E-state index contributed by atoms with van der Waals surface area (Å²) < 4.78 is 0. The second-order valence-corrected chi connectivity index (χ2v) is 5.68. The van der Waals surface area contributed by atoms with E-state index >= 15 is 0 Å². The zero-order valence-corrected chi connectivity index (χ0v) is 11.7. The van der Waals surface area contributed by atoms with Gasteiger partial charge in [-0.2, -0.15) is 0 Å². The number of carbonyl (C=O) groups is 1. The third kappa shape index (κ3) is 13300. The molecular formula is CH14O15Si3. The van der Waals surface area contributed by atoms with Gasteiger partial charge in [0.2, 0.25) is 0 Å². The lowest BCUT2D eigenvalue weighted by Crippen LogP contribution is -2.33. The van der Waals surface area contributed by atoms with Crippen LogP contribution in [0, 0.1) is 0 Å². The molecule has 0 unspecified atom stereocenters. The van der Waals surface area contributed by atoms with Gasteiger partial charge in [-0.3, -0.25) is 0 Å². The molecule has 0 aromatic heterocycles. The number of rotatable bonds is 0. The van der Waals surface area contributed by atoms with Crippen LogP contribution >= 0.6 is 0 Å². The summed E-state index contributed by atoms with van der Waals surface area (Å²) in [5, 5.41) is 13.9. The summed E-state index contributed by atoms with van der Waals surface area (Å²) in [6.45, 7) is 0. The lowest BCUT2D eigenvalue weighted by Gasteiger charge is -1.91. The molecule has 0 rings (SSSR count). The first-order chi connectivity index (χ1) is 7.73. The van der Waals surface area contributed by atoms with Gasteiger partial charge in [0.25, 0.3) is 0 Å². The van der Waals surface area contributed by atoms with E-state index in [9.17, 15) is 0 Å². The molecule has 0 heterocycles. The lowest BCUT2D eigenvalue weighted by molar-refractivity contribution is 0.115. The Bertz CT molecular complexity index is 154. The van der Waals surface area contributed by atoms with Crippen molar-refractivity contribution in [1.29, 1.82) is 0 Å². The van der Waals surface area contributed by atoms with Crippen LogP contribution in [0.2, 0.25) is 0 Å². The van der Waals surface area contributed by atoms with Gasteiger partial charge in [-0.15, -0.1) is 0 Å². The maximum absolute atomic E-state index is 8.56. The molecule has 19 heavy (non-hydrogen) atoms. The van der Waals surface area contributed by atoms with Crippen LogP contribution in [-0.2, 0) is 0 Å². The van der Waals surface area contributed by atoms with Crippen LogP contribution in [0.4, 0.5) is 4.79 Å². The molecular weight excluding hydrogens is 336 g/mol. The van der Waals surface area contributed by atoms with Gasteiger partial charge in [-0.05, 0) is 0 Å². The van der Waals surface area contributed by atoms with E-state index in [2.05, 4.69) is 0 Å². The van der Waals surface area contributed by atoms with E-state index in [1.54, 1.807) is 0 Å². The van der Waals surface area contributed by atoms with Crippen molar-refractivity contribution in [2.75, 3.05) is 0 Å². The molecule has 0 saturated carbocycles. The molecule has 14 N–H and O–H groups in total. The summed E-state index contributed by atoms with van der Waals surface area (Å²) in [6, 6.07) is 0. The summed E-state index contributed by atoms with van der Waals surface area (Å²) in [4.78, 5) is 96.5. The van der Waals surface area contributed by atoms with Crippen LogP contribution in [0.1, 0.15) is 0 Å². The monoisotopic (exact) mass is 350 g/mol. The smallest absolute Gasteiger partial charge is 0.450 e. The molecule has 0 atom stereocenters.